The zero-order valence-corrected chi connectivity index (χ0v) is 14.9. The zero-order chi connectivity index (χ0) is 17.8. The predicted octanol–water partition coefficient (Wildman–Crippen LogP) is 4.28. The highest BCUT2D eigenvalue weighted by Gasteiger charge is 2.28. The minimum atomic E-state index is -0.453. The van der Waals surface area contributed by atoms with E-state index in [4.69, 9.17) is 0 Å². The van der Waals surface area contributed by atoms with Gasteiger partial charge in [-0.3, -0.25) is 0 Å². The summed E-state index contributed by atoms with van der Waals surface area (Å²) in [5.41, 5.74) is 4.08. The van der Waals surface area contributed by atoms with E-state index in [1.54, 1.807) is 0 Å². The van der Waals surface area contributed by atoms with Gasteiger partial charge in [-0.05, 0) is 61.4 Å². The van der Waals surface area contributed by atoms with Crippen LogP contribution in [0.1, 0.15) is 35.6 Å². The number of rotatable bonds is 3. The van der Waals surface area contributed by atoms with Crippen LogP contribution in [0.3, 0.4) is 0 Å². The molecular weight excluding hydrogens is 312 g/mol. The van der Waals surface area contributed by atoms with Crippen LogP contribution in [-0.2, 0) is 0 Å². The smallest absolute Gasteiger partial charge is 0.321 e. The number of piperidine rings is 1. The molecule has 0 aliphatic carbocycles. The Hall–Kier alpha value is -2.33. The number of urea groups is 1. The molecule has 1 unspecified atom stereocenters. The van der Waals surface area contributed by atoms with Gasteiger partial charge in [-0.25, -0.2) is 4.79 Å². The maximum absolute atomic E-state index is 12.5. The molecule has 1 atom stereocenters. The quantitative estimate of drug-likeness (QED) is 0.877. The van der Waals surface area contributed by atoms with E-state index in [1.807, 2.05) is 61.2 Å². The van der Waals surface area contributed by atoms with E-state index in [2.05, 4.69) is 11.4 Å². The number of aliphatic hydroxyl groups excluding tert-OH is 1. The average Bonchev–Trinajstić information content (AvgIpc) is 2.61. The summed E-state index contributed by atoms with van der Waals surface area (Å²) in [6.07, 6.45) is 1.18. The van der Waals surface area contributed by atoms with Crippen molar-refractivity contribution in [1.82, 2.24) is 4.90 Å². The molecule has 3 rings (SSSR count). The van der Waals surface area contributed by atoms with Crippen molar-refractivity contribution in [3.63, 3.8) is 0 Å². The predicted molar refractivity (Wildman–Crippen MR) is 101 cm³/mol. The van der Waals surface area contributed by atoms with E-state index >= 15 is 0 Å². The van der Waals surface area contributed by atoms with Gasteiger partial charge in [0.2, 0.25) is 0 Å². The van der Waals surface area contributed by atoms with Gasteiger partial charge < -0.3 is 15.3 Å². The van der Waals surface area contributed by atoms with Crippen LogP contribution in [0, 0.1) is 19.8 Å². The van der Waals surface area contributed by atoms with Crippen molar-refractivity contribution in [3.8, 4) is 0 Å². The first-order chi connectivity index (χ1) is 12.0. The number of anilines is 1. The molecule has 2 aromatic carbocycles. The van der Waals surface area contributed by atoms with Crippen molar-refractivity contribution in [1.29, 1.82) is 0 Å². The number of aryl methyl sites for hydroxylation is 2. The van der Waals surface area contributed by atoms with Gasteiger partial charge in [-0.1, -0.05) is 36.4 Å². The lowest BCUT2D eigenvalue weighted by Crippen LogP contribution is -2.42. The lowest BCUT2D eigenvalue weighted by atomic mass is 9.87. The lowest BCUT2D eigenvalue weighted by Gasteiger charge is -2.34. The van der Waals surface area contributed by atoms with Crippen molar-refractivity contribution in [2.75, 3.05) is 18.4 Å². The van der Waals surface area contributed by atoms with E-state index in [0.717, 1.165) is 35.2 Å². The molecule has 1 heterocycles. The Balaban J connectivity index is 1.55. The van der Waals surface area contributed by atoms with Crippen molar-refractivity contribution >= 4 is 11.7 Å². The molecule has 0 radical (unpaired) electrons. The number of amides is 2. The summed E-state index contributed by atoms with van der Waals surface area (Å²) >= 11 is 0. The Labute approximate surface area is 149 Å². The molecule has 4 nitrogen and oxygen atoms in total. The number of likely N-dealkylation sites (tertiary alicyclic amines) is 1. The van der Waals surface area contributed by atoms with E-state index < -0.39 is 6.10 Å². The second-order valence-electron chi connectivity index (χ2n) is 6.99. The molecule has 2 aromatic rings. The normalized spacial score (nSPS) is 16.5. The van der Waals surface area contributed by atoms with Crippen LogP contribution in [0.4, 0.5) is 10.5 Å². The average molecular weight is 338 g/mol. The maximum atomic E-state index is 12.5. The van der Waals surface area contributed by atoms with Crippen molar-refractivity contribution in [2.24, 2.45) is 5.92 Å². The molecule has 0 bridgehead atoms. The second-order valence-corrected chi connectivity index (χ2v) is 6.99. The highest BCUT2D eigenvalue weighted by Crippen LogP contribution is 2.30. The number of nitrogens with one attached hydrogen (secondary N) is 1. The fourth-order valence-electron chi connectivity index (χ4n) is 3.59. The van der Waals surface area contributed by atoms with Gasteiger partial charge in [-0.2, -0.15) is 0 Å². The highest BCUT2D eigenvalue weighted by molar-refractivity contribution is 5.89. The minimum Gasteiger partial charge on any atom is -0.388 e. The molecule has 0 spiro atoms. The molecule has 2 amide bonds. The Bertz CT molecular complexity index is 702. The molecule has 0 saturated carbocycles. The first kappa shape index (κ1) is 17.5. The first-order valence-electron chi connectivity index (χ1n) is 8.90. The number of aliphatic hydroxyl groups is 1. The molecule has 4 heteroatoms. The van der Waals surface area contributed by atoms with E-state index in [1.165, 1.54) is 0 Å². The van der Waals surface area contributed by atoms with Crippen molar-refractivity contribution < 1.29 is 9.90 Å². The number of hydrogen-bond donors (Lipinski definition) is 2. The second kappa shape index (κ2) is 7.70. The van der Waals surface area contributed by atoms with Gasteiger partial charge in [0.05, 0.1) is 6.10 Å². The number of carbonyl (C=O) groups is 1. The van der Waals surface area contributed by atoms with E-state index in [0.29, 0.717) is 13.1 Å². The molecule has 1 aliphatic heterocycles. The largest absolute Gasteiger partial charge is 0.388 e. The monoisotopic (exact) mass is 338 g/mol. The fourth-order valence-corrected chi connectivity index (χ4v) is 3.59. The zero-order valence-electron chi connectivity index (χ0n) is 14.9. The molecule has 25 heavy (non-hydrogen) atoms. The molecule has 132 valence electrons. The van der Waals surface area contributed by atoms with Gasteiger partial charge in [-0.15, -0.1) is 0 Å². The van der Waals surface area contributed by atoms with Crippen LogP contribution < -0.4 is 5.32 Å². The Morgan fingerprint density at radius 3 is 2.28 bits per heavy atom. The SMILES string of the molecule is Cc1cc(C)cc(NC(=O)N2CCC(C(O)c3ccccc3)CC2)c1. The third kappa shape index (κ3) is 4.40. The van der Waals surface area contributed by atoms with Gasteiger partial charge in [0.25, 0.3) is 0 Å². The van der Waals surface area contributed by atoms with Gasteiger partial charge in [0.1, 0.15) is 0 Å². The number of hydrogen-bond acceptors (Lipinski definition) is 2. The standard InChI is InChI=1S/C21H26N2O2/c1-15-12-16(2)14-19(13-15)22-21(25)23-10-8-18(9-11-23)20(24)17-6-4-3-5-7-17/h3-7,12-14,18,20,24H,8-11H2,1-2H3,(H,22,25). The third-order valence-electron chi connectivity index (χ3n) is 4.89. The van der Waals surface area contributed by atoms with E-state index in [9.17, 15) is 9.90 Å². The van der Waals surface area contributed by atoms with Crippen LogP contribution in [0.25, 0.3) is 0 Å². The van der Waals surface area contributed by atoms with Gasteiger partial charge in [0, 0.05) is 18.8 Å². The summed E-state index contributed by atoms with van der Waals surface area (Å²) in [7, 11) is 0. The number of benzene rings is 2. The topological polar surface area (TPSA) is 52.6 Å². The minimum absolute atomic E-state index is 0.0577. The Morgan fingerprint density at radius 2 is 1.68 bits per heavy atom. The molecule has 1 fully saturated rings. The fraction of sp³-hybridized carbons (Fsp3) is 0.381. The maximum Gasteiger partial charge on any atom is 0.321 e. The molecule has 1 saturated heterocycles. The van der Waals surface area contributed by atoms with Gasteiger partial charge >= 0.3 is 6.03 Å². The van der Waals surface area contributed by atoms with Crippen LogP contribution in [0.2, 0.25) is 0 Å². The van der Waals surface area contributed by atoms with Crippen LogP contribution in [-0.4, -0.2) is 29.1 Å². The summed E-state index contributed by atoms with van der Waals surface area (Å²) in [5, 5.41) is 13.5. The van der Waals surface area contributed by atoms with Crippen LogP contribution in [0.15, 0.2) is 48.5 Å². The van der Waals surface area contributed by atoms with E-state index in [-0.39, 0.29) is 11.9 Å². The van der Waals surface area contributed by atoms with Crippen molar-refractivity contribution in [3.05, 3.63) is 65.2 Å². The number of carbonyl (C=O) groups excluding carboxylic acids is 1. The summed E-state index contributed by atoms with van der Waals surface area (Å²) in [6.45, 7) is 5.40. The molecular formula is C21H26N2O2. The van der Waals surface area contributed by atoms with Gasteiger partial charge in [0.15, 0.2) is 0 Å². The number of nitrogens with zero attached hydrogens (tertiary/aromatic N) is 1. The summed E-state index contributed by atoms with van der Waals surface area (Å²) in [4.78, 5) is 14.3. The third-order valence-corrected chi connectivity index (χ3v) is 4.89. The summed E-state index contributed by atoms with van der Waals surface area (Å²) in [6, 6.07) is 15.8. The van der Waals surface area contributed by atoms with Crippen LogP contribution >= 0.6 is 0 Å². The molecule has 1 aliphatic rings. The van der Waals surface area contributed by atoms with Crippen molar-refractivity contribution in [2.45, 2.75) is 32.8 Å². The van der Waals surface area contributed by atoms with Crippen LogP contribution in [0.5, 0.6) is 0 Å². The highest BCUT2D eigenvalue weighted by atomic mass is 16.3. The Morgan fingerprint density at radius 1 is 1.08 bits per heavy atom. The molecule has 0 aromatic heterocycles. The summed E-state index contributed by atoms with van der Waals surface area (Å²) in [5.74, 6) is 0.202. The molecule has 2 N–H and O–H groups in total. The first-order valence-corrected chi connectivity index (χ1v) is 8.90. The Kier molecular flexibility index (Phi) is 5.39. The summed E-state index contributed by atoms with van der Waals surface area (Å²) < 4.78 is 0. The lowest BCUT2D eigenvalue weighted by molar-refractivity contribution is 0.0683.